The standard InChI is InChI=1S/C22H29N5O4S/c1-25-21(28)11-9-18(24-25)22(29)23-19-16-17(32(30,31)27-14-6-3-7-15-27)8-10-20(19)26-12-4-2-5-13-26/h8-11,16H,2-7,12-15H2,1H3,(H,23,29). The number of amides is 1. The Morgan fingerprint density at radius 2 is 1.59 bits per heavy atom. The Hall–Kier alpha value is -2.72. The number of aromatic nitrogens is 2. The van der Waals surface area contributed by atoms with Crippen molar-refractivity contribution in [3.63, 3.8) is 0 Å². The van der Waals surface area contributed by atoms with Crippen molar-refractivity contribution < 1.29 is 13.2 Å². The summed E-state index contributed by atoms with van der Waals surface area (Å²) in [4.78, 5) is 26.9. The smallest absolute Gasteiger partial charge is 0.276 e. The highest BCUT2D eigenvalue weighted by molar-refractivity contribution is 7.89. The van der Waals surface area contributed by atoms with Crippen LogP contribution in [0.5, 0.6) is 0 Å². The van der Waals surface area contributed by atoms with Gasteiger partial charge in [0, 0.05) is 39.3 Å². The molecule has 0 saturated carbocycles. The Morgan fingerprint density at radius 3 is 2.25 bits per heavy atom. The molecule has 4 rings (SSSR count). The molecule has 1 N–H and O–H groups in total. The van der Waals surface area contributed by atoms with Crippen LogP contribution in [0.4, 0.5) is 11.4 Å². The molecule has 2 aliphatic heterocycles. The van der Waals surface area contributed by atoms with Gasteiger partial charge in [-0.05, 0) is 56.4 Å². The fraction of sp³-hybridized carbons (Fsp3) is 0.500. The molecular formula is C22H29N5O4S. The van der Waals surface area contributed by atoms with Crippen LogP contribution < -0.4 is 15.8 Å². The molecule has 0 atom stereocenters. The van der Waals surface area contributed by atoms with Gasteiger partial charge in [-0.2, -0.15) is 9.40 Å². The summed E-state index contributed by atoms with van der Waals surface area (Å²) < 4.78 is 29.0. The van der Waals surface area contributed by atoms with Crippen LogP contribution in [0.1, 0.15) is 49.0 Å². The number of piperidine rings is 2. The number of nitrogens with one attached hydrogen (secondary N) is 1. The van der Waals surface area contributed by atoms with E-state index in [0.717, 1.165) is 62.0 Å². The van der Waals surface area contributed by atoms with Gasteiger partial charge in [0.05, 0.1) is 16.3 Å². The Balaban J connectivity index is 1.69. The minimum Gasteiger partial charge on any atom is -0.370 e. The number of anilines is 2. The lowest BCUT2D eigenvalue weighted by atomic mass is 10.1. The molecule has 0 radical (unpaired) electrons. The van der Waals surface area contributed by atoms with Gasteiger partial charge in [0.15, 0.2) is 0 Å². The predicted octanol–water partition coefficient (Wildman–Crippen LogP) is 2.20. The monoisotopic (exact) mass is 459 g/mol. The number of sulfonamides is 1. The topological polar surface area (TPSA) is 105 Å². The minimum absolute atomic E-state index is 0.0842. The van der Waals surface area contributed by atoms with Gasteiger partial charge in [-0.1, -0.05) is 6.42 Å². The van der Waals surface area contributed by atoms with E-state index in [1.165, 1.54) is 23.5 Å². The summed E-state index contributed by atoms with van der Waals surface area (Å²) in [6.07, 6.45) is 5.99. The zero-order valence-electron chi connectivity index (χ0n) is 18.3. The van der Waals surface area contributed by atoms with E-state index in [1.54, 1.807) is 18.2 Å². The number of aryl methyl sites for hydroxylation is 1. The molecule has 2 aliphatic rings. The van der Waals surface area contributed by atoms with E-state index < -0.39 is 15.9 Å². The molecule has 32 heavy (non-hydrogen) atoms. The predicted molar refractivity (Wildman–Crippen MR) is 123 cm³/mol. The van der Waals surface area contributed by atoms with Crippen LogP contribution in [0.25, 0.3) is 0 Å². The van der Waals surface area contributed by atoms with Gasteiger partial charge in [0.25, 0.3) is 11.5 Å². The van der Waals surface area contributed by atoms with Gasteiger partial charge in [-0.25, -0.2) is 13.1 Å². The third-order valence-corrected chi connectivity index (χ3v) is 7.95. The summed E-state index contributed by atoms with van der Waals surface area (Å²) in [6, 6.07) is 7.62. The van der Waals surface area contributed by atoms with Crippen LogP contribution in [0.3, 0.4) is 0 Å². The van der Waals surface area contributed by atoms with E-state index >= 15 is 0 Å². The highest BCUT2D eigenvalue weighted by Crippen LogP contribution is 2.33. The van der Waals surface area contributed by atoms with Crippen molar-refractivity contribution in [2.75, 3.05) is 36.4 Å². The van der Waals surface area contributed by atoms with Crippen molar-refractivity contribution >= 4 is 27.3 Å². The summed E-state index contributed by atoms with van der Waals surface area (Å²) in [5, 5.41) is 6.85. The Kier molecular flexibility index (Phi) is 6.61. The number of carbonyl (C=O) groups excluding carboxylic acids is 1. The van der Waals surface area contributed by atoms with Gasteiger partial charge in [-0.3, -0.25) is 9.59 Å². The fourth-order valence-electron chi connectivity index (χ4n) is 4.25. The lowest BCUT2D eigenvalue weighted by molar-refractivity contribution is 0.102. The van der Waals surface area contributed by atoms with Crippen LogP contribution in [-0.4, -0.2) is 54.6 Å². The Labute approximate surface area is 188 Å². The van der Waals surface area contributed by atoms with Gasteiger partial charge in [-0.15, -0.1) is 0 Å². The van der Waals surface area contributed by atoms with Crippen molar-refractivity contribution in [3.05, 3.63) is 46.4 Å². The van der Waals surface area contributed by atoms with E-state index in [9.17, 15) is 18.0 Å². The summed E-state index contributed by atoms with van der Waals surface area (Å²) >= 11 is 0. The van der Waals surface area contributed by atoms with E-state index in [4.69, 9.17) is 0 Å². The molecule has 2 fully saturated rings. The number of carbonyl (C=O) groups is 1. The van der Waals surface area contributed by atoms with Crippen molar-refractivity contribution in [2.24, 2.45) is 7.05 Å². The molecule has 0 unspecified atom stereocenters. The normalized spacial score (nSPS) is 17.8. The number of rotatable bonds is 5. The molecule has 0 spiro atoms. The second kappa shape index (κ2) is 9.41. The van der Waals surface area contributed by atoms with Gasteiger partial charge < -0.3 is 10.2 Å². The Bertz CT molecular complexity index is 1150. The number of hydrogen-bond donors (Lipinski definition) is 1. The van der Waals surface area contributed by atoms with Crippen LogP contribution >= 0.6 is 0 Å². The average Bonchev–Trinajstić information content (AvgIpc) is 2.82. The summed E-state index contributed by atoms with van der Waals surface area (Å²) in [7, 11) is -2.17. The lowest BCUT2D eigenvalue weighted by Gasteiger charge is -2.31. The molecule has 2 aromatic rings. The number of nitrogens with zero attached hydrogens (tertiary/aromatic N) is 4. The maximum atomic E-state index is 13.2. The van der Waals surface area contributed by atoms with Gasteiger partial charge >= 0.3 is 0 Å². The first-order valence-electron chi connectivity index (χ1n) is 11.1. The summed E-state index contributed by atoms with van der Waals surface area (Å²) in [5.41, 5.74) is 0.997. The van der Waals surface area contributed by atoms with Crippen molar-refractivity contribution in [1.29, 1.82) is 0 Å². The van der Waals surface area contributed by atoms with Crippen molar-refractivity contribution in [3.8, 4) is 0 Å². The highest BCUT2D eigenvalue weighted by Gasteiger charge is 2.28. The van der Waals surface area contributed by atoms with Gasteiger partial charge in [0.2, 0.25) is 10.0 Å². The van der Waals surface area contributed by atoms with E-state index in [0.29, 0.717) is 18.8 Å². The van der Waals surface area contributed by atoms with Crippen LogP contribution in [-0.2, 0) is 17.1 Å². The number of benzene rings is 1. The third kappa shape index (κ3) is 4.71. The Morgan fingerprint density at radius 1 is 0.938 bits per heavy atom. The summed E-state index contributed by atoms with van der Waals surface area (Å²) in [6.45, 7) is 2.72. The largest absolute Gasteiger partial charge is 0.370 e. The molecule has 1 aromatic carbocycles. The maximum absolute atomic E-state index is 13.2. The first kappa shape index (κ1) is 22.5. The summed E-state index contributed by atoms with van der Waals surface area (Å²) in [5.74, 6) is -0.494. The van der Waals surface area contributed by atoms with Gasteiger partial charge in [0.1, 0.15) is 5.69 Å². The van der Waals surface area contributed by atoms with E-state index in [1.807, 2.05) is 0 Å². The number of hydrogen-bond acceptors (Lipinski definition) is 6. The lowest BCUT2D eigenvalue weighted by Crippen LogP contribution is -2.36. The molecule has 2 saturated heterocycles. The van der Waals surface area contributed by atoms with Crippen LogP contribution in [0, 0.1) is 0 Å². The second-order valence-corrected chi connectivity index (χ2v) is 10.3. The molecule has 1 amide bonds. The second-order valence-electron chi connectivity index (χ2n) is 8.33. The third-order valence-electron chi connectivity index (χ3n) is 6.06. The molecule has 0 aliphatic carbocycles. The molecular weight excluding hydrogens is 430 g/mol. The van der Waals surface area contributed by atoms with E-state index in [2.05, 4.69) is 15.3 Å². The van der Waals surface area contributed by atoms with Crippen LogP contribution in [0.15, 0.2) is 40.0 Å². The molecule has 0 bridgehead atoms. The molecule has 1 aromatic heterocycles. The molecule has 3 heterocycles. The average molecular weight is 460 g/mol. The molecule has 9 nitrogen and oxygen atoms in total. The maximum Gasteiger partial charge on any atom is 0.276 e. The highest BCUT2D eigenvalue weighted by atomic mass is 32.2. The zero-order valence-corrected chi connectivity index (χ0v) is 19.1. The zero-order chi connectivity index (χ0) is 22.7. The van der Waals surface area contributed by atoms with Crippen molar-refractivity contribution in [1.82, 2.24) is 14.1 Å². The van der Waals surface area contributed by atoms with E-state index in [-0.39, 0.29) is 16.1 Å². The molecule has 172 valence electrons. The first-order valence-corrected chi connectivity index (χ1v) is 12.6. The minimum atomic E-state index is -3.64. The van der Waals surface area contributed by atoms with Crippen LogP contribution in [0.2, 0.25) is 0 Å². The first-order chi connectivity index (χ1) is 15.4. The van der Waals surface area contributed by atoms with Crippen molar-refractivity contribution in [2.45, 2.75) is 43.4 Å². The molecule has 10 heteroatoms. The quantitative estimate of drug-likeness (QED) is 0.735. The SMILES string of the molecule is Cn1nc(C(=O)Nc2cc(S(=O)(=O)N3CCCCC3)ccc2N2CCCCC2)ccc1=O. The fourth-order valence-corrected chi connectivity index (χ4v) is 5.79.